The zero-order valence-corrected chi connectivity index (χ0v) is 31.5. The Bertz CT molecular complexity index is 1370. The van der Waals surface area contributed by atoms with E-state index in [0.29, 0.717) is 60.7 Å². The molecule has 6 N–H and O–H groups in total. The molecule has 2 aromatic rings. The van der Waals surface area contributed by atoms with E-state index in [1.165, 1.54) is 14.2 Å². The van der Waals surface area contributed by atoms with E-state index in [4.69, 9.17) is 49.6 Å². The lowest BCUT2D eigenvalue weighted by atomic mass is 10.1. The monoisotopic (exact) mass is 768 g/mol. The van der Waals surface area contributed by atoms with Crippen LogP contribution in [0, 0.1) is 0 Å². The van der Waals surface area contributed by atoms with Crippen LogP contribution in [0.1, 0.15) is 101 Å². The van der Waals surface area contributed by atoms with Crippen LogP contribution in [-0.4, -0.2) is 94.9 Å². The van der Waals surface area contributed by atoms with Crippen LogP contribution >= 0.6 is 0 Å². The van der Waals surface area contributed by atoms with E-state index in [1.807, 2.05) is 6.07 Å². The zero-order valence-electron chi connectivity index (χ0n) is 31.5. The van der Waals surface area contributed by atoms with Crippen LogP contribution in [0.2, 0.25) is 0 Å². The average molecular weight is 769 g/mol. The van der Waals surface area contributed by atoms with E-state index in [1.54, 1.807) is 44.6 Å². The minimum Gasteiger partial charge on any atom is -0.497 e. The van der Waals surface area contributed by atoms with Crippen LogP contribution in [0.4, 0.5) is 0 Å². The van der Waals surface area contributed by atoms with Gasteiger partial charge < -0.3 is 49.6 Å². The fraction of sp³-hybridized carbons (Fsp3) is 0.526. The highest BCUT2D eigenvalue weighted by molar-refractivity contribution is 5.71. The minimum atomic E-state index is -0.892. The molecule has 2 rings (SSSR count). The van der Waals surface area contributed by atoms with Gasteiger partial charge in [-0.15, -0.1) is 0 Å². The highest BCUT2D eigenvalue weighted by atomic mass is 16.5. The van der Waals surface area contributed by atoms with Crippen molar-refractivity contribution in [3.63, 3.8) is 0 Å². The number of ether oxygens (including phenoxy) is 4. The standard InChI is InChI=1S/C11H14O4.C10H12O4.C9H16O4.C8H14O4/c1-14-9-5-3-8(4-6-11(12)13)7-10(9)15-2;1-13-8-3-4-9(14-2)7(5-8)6-10(11)12;10-8(11)6-4-2-1-3-5-7-9(12)13;9-7(10)5-3-1-2-4-6-8(11)12/h3,5,7H,4,6H2,1-2H3,(H,12,13);3-5H,6H2,1-2H3,(H,11,12);1-7H2,(H,10,11)(H,12,13);1-6H2,(H,9,10)(H,11,12). The Hall–Kier alpha value is -5.54. The molecule has 0 bridgehead atoms. The Balaban J connectivity index is 0. The lowest BCUT2D eigenvalue weighted by Crippen LogP contribution is -2.02. The summed E-state index contributed by atoms with van der Waals surface area (Å²) in [5.74, 6) is -2.31. The van der Waals surface area contributed by atoms with Gasteiger partial charge in [-0.2, -0.15) is 0 Å². The number of carbonyl (C=O) groups is 6. The lowest BCUT2D eigenvalue weighted by Gasteiger charge is -2.08. The molecular formula is C38H56O16. The Labute approximate surface area is 315 Å². The maximum absolute atomic E-state index is 10.5. The van der Waals surface area contributed by atoms with Crippen LogP contribution in [0.15, 0.2) is 36.4 Å². The third-order valence-electron chi connectivity index (χ3n) is 7.22. The van der Waals surface area contributed by atoms with Gasteiger partial charge in [0.1, 0.15) is 11.5 Å². The molecule has 0 radical (unpaired) electrons. The van der Waals surface area contributed by atoms with E-state index >= 15 is 0 Å². The molecule has 0 unspecified atom stereocenters. The minimum absolute atomic E-state index is 0.0691. The molecular weight excluding hydrogens is 712 g/mol. The second kappa shape index (κ2) is 32.1. The Morgan fingerprint density at radius 3 is 1.17 bits per heavy atom. The van der Waals surface area contributed by atoms with Crippen LogP contribution < -0.4 is 18.9 Å². The first-order valence-corrected chi connectivity index (χ1v) is 17.3. The van der Waals surface area contributed by atoms with Crippen molar-refractivity contribution in [3.8, 4) is 23.0 Å². The highest BCUT2D eigenvalue weighted by Crippen LogP contribution is 2.28. The van der Waals surface area contributed by atoms with Crippen molar-refractivity contribution in [2.75, 3.05) is 28.4 Å². The summed E-state index contributed by atoms with van der Waals surface area (Å²) < 4.78 is 20.2. The zero-order chi connectivity index (χ0) is 41.3. The summed E-state index contributed by atoms with van der Waals surface area (Å²) in [7, 11) is 6.16. The Morgan fingerprint density at radius 1 is 0.426 bits per heavy atom. The van der Waals surface area contributed by atoms with E-state index in [0.717, 1.165) is 37.7 Å². The molecule has 0 aliphatic heterocycles. The first-order valence-electron chi connectivity index (χ1n) is 17.3. The smallest absolute Gasteiger partial charge is 0.307 e. The van der Waals surface area contributed by atoms with E-state index in [-0.39, 0.29) is 38.5 Å². The van der Waals surface area contributed by atoms with Crippen molar-refractivity contribution in [2.24, 2.45) is 0 Å². The van der Waals surface area contributed by atoms with Crippen molar-refractivity contribution in [2.45, 2.75) is 103 Å². The third kappa shape index (κ3) is 30.1. The van der Waals surface area contributed by atoms with Gasteiger partial charge in [0.25, 0.3) is 0 Å². The number of methoxy groups -OCH3 is 4. The molecule has 0 fully saturated rings. The van der Waals surface area contributed by atoms with Crippen molar-refractivity contribution in [3.05, 3.63) is 47.5 Å². The predicted octanol–water partition coefficient (Wildman–Crippen LogP) is 6.43. The molecule has 2 aromatic carbocycles. The van der Waals surface area contributed by atoms with Gasteiger partial charge in [0, 0.05) is 37.7 Å². The number of aliphatic carboxylic acids is 6. The van der Waals surface area contributed by atoms with E-state index < -0.39 is 35.8 Å². The fourth-order valence-corrected chi connectivity index (χ4v) is 4.46. The van der Waals surface area contributed by atoms with Gasteiger partial charge >= 0.3 is 35.8 Å². The van der Waals surface area contributed by atoms with Crippen LogP contribution in [0.5, 0.6) is 23.0 Å². The maximum atomic E-state index is 10.5. The van der Waals surface area contributed by atoms with E-state index in [2.05, 4.69) is 0 Å². The van der Waals surface area contributed by atoms with Gasteiger partial charge in [-0.1, -0.05) is 38.2 Å². The van der Waals surface area contributed by atoms with E-state index in [9.17, 15) is 28.8 Å². The van der Waals surface area contributed by atoms with Crippen LogP contribution in [0.3, 0.4) is 0 Å². The molecule has 0 aromatic heterocycles. The molecule has 0 aliphatic rings. The molecule has 16 nitrogen and oxygen atoms in total. The van der Waals surface area contributed by atoms with Gasteiger partial charge in [-0.3, -0.25) is 28.8 Å². The molecule has 0 aliphatic carbocycles. The van der Waals surface area contributed by atoms with Crippen molar-refractivity contribution >= 4 is 35.8 Å². The lowest BCUT2D eigenvalue weighted by molar-refractivity contribution is -0.138. The number of unbranched alkanes of at least 4 members (excludes halogenated alkanes) is 7. The summed E-state index contributed by atoms with van der Waals surface area (Å²) in [6.07, 6.45) is 8.36. The molecule has 16 heteroatoms. The number of benzene rings is 2. The Kier molecular flexibility index (Phi) is 30.1. The van der Waals surface area contributed by atoms with Crippen LogP contribution in [-0.2, 0) is 41.6 Å². The largest absolute Gasteiger partial charge is 0.497 e. The summed E-state index contributed by atoms with van der Waals surface area (Å²) >= 11 is 0. The maximum Gasteiger partial charge on any atom is 0.307 e. The number of hydrogen-bond donors (Lipinski definition) is 6. The van der Waals surface area contributed by atoms with Gasteiger partial charge in [-0.25, -0.2) is 0 Å². The summed E-state index contributed by atoms with van der Waals surface area (Å²) in [4.78, 5) is 61.2. The Morgan fingerprint density at radius 2 is 0.815 bits per heavy atom. The van der Waals surface area contributed by atoms with Gasteiger partial charge in [0.05, 0.1) is 34.9 Å². The number of hydrogen-bond acceptors (Lipinski definition) is 10. The highest BCUT2D eigenvalue weighted by Gasteiger charge is 2.09. The normalized spacial score (nSPS) is 9.70. The fourth-order valence-electron chi connectivity index (χ4n) is 4.46. The number of rotatable bonds is 24. The van der Waals surface area contributed by atoms with Crippen molar-refractivity contribution < 1.29 is 78.4 Å². The van der Waals surface area contributed by atoms with Crippen molar-refractivity contribution in [1.29, 1.82) is 0 Å². The summed E-state index contributed by atoms with van der Waals surface area (Å²) in [5, 5.41) is 50.4. The molecule has 0 spiro atoms. The summed E-state index contributed by atoms with van der Waals surface area (Å²) in [5.41, 5.74) is 1.54. The SMILES string of the molecule is COc1ccc(CCC(=O)O)cc1OC.COc1ccc(OC)c(CC(=O)O)c1.O=C(O)CCCCCCC(=O)O.O=C(O)CCCCCCCC(=O)O. The molecule has 0 amide bonds. The van der Waals surface area contributed by atoms with Gasteiger partial charge in [0.15, 0.2) is 11.5 Å². The predicted molar refractivity (Wildman–Crippen MR) is 197 cm³/mol. The van der Waals surface area contributed by atoms with Crippen molar-refractivity contribution in [1.82, 2.24) is 0 Å². The van der Waals surface area contributed by atoms with Gasteiger partial charge in [-0.05, 0) is 68.0 Å². The average Bonchev–Trinajstić information content (AvgIpc) is 3.11. The molecule has 54 heavy (non-hydrogen) atoms. The first-order chi connectivity index (χ1) is 25.6. The number of carboxylic acid groups (broad SMARTS) is 6. The molecule has 0 heterocycles. The number of aryl methyl sites for hydroxylation is 1. The first kappa shape index (κ1) is 50.6. The number of carboxylic acids is 6. The second-order valence-corrected chi connectivity index (χ2v) is 11.6. The molecule has 0 saturated carbocycles. The second-order valence-electron chi connectivity index (χ2n) is 11.6. The summed E-state index contributed by atoms with van der Waals surface area (Å²) in [6.45, 7) is 0. The third-order valence-corrected chi connectivity index (χ3v) is 7.22. The van der Waals surface area contributed by atoms with Crippen LogP contribution in [0.25, 0.3) is 0 Å². The molecule has 304 valence electrons. The molecule has 0 atom stereocenters. The summed E-state index contributed by atoms with van der Waals surface area (Å²) in [6, 6.07) is 10.5. The topological polar surface area (TPSA) is 261 Å². The molecule has 0 saturated heterocycles. The van der Waals surface area contributed by atoms with Gasteiger partial charge in [0.2, 0.25) is 0 Å². The quantitative estimate of drug-likeness (QED) is 0.0628.